The van der Waals surface area contributed by atoms with Gasteiger partial charge in [-0.3, -0.25) is 14.6 Å². The Bertz CT molecular complexity index is 1070. The maximum absolute atomic E-state index is 14.2. The molecule has 0 unspecified atom stereocenters. The summed E-state index contributed by atoms with van der Waals surface area (Å²) in [6.07, 6.45) is 11.7. The Kier molecular flexibility index (Phi) is 6.01. The average Bonchev–Trinajstić information content (AvgIpc) is 3.32. The number of pyridine rings is 1. The molecule has 3 aliphatic carbocycles. The molecule has 33 heavy (non-hydrogen) atoms. The summed E-state index contributed by atoms with van der Waals surface area (Å²) in [6.45, 7) is 6.40. The molecule has 0 amide bonds. The quantitative estimate of drug-likeness (QED) is 0.460. The number of carbonyl (C=O) groups is 2. The number of aryl methyl sites for hydroxylation is 1. The van der Waals surface area contributed by atoms with Gasteiger partial charge in [0.25, 0.3) is 0 Å². The van der Waals surface area contributed by atoms with Crippen LogP contribution in [0.15, 0.2) is 24.3 Å². The number of hydrogen-bond acceptors (Lipinski definition) is 3. The molecule has 0 radical (unpaired) electrons. The van der Waals surface area contributed by atoms with Crippen LogP contribution in [0.2, 0.25) is 0 Å². The van der Waals surface area contributed by atoms with Crippen LogP contribution in [0.1, 0.15) is 139 Å². The molecule has 0 bridgehead atoms. The highest BCUT2D eigenvalue weighted by molar-refractivity contribution is 6.13. The average molecular weight is 444 g/mol. The van der Waals surface area contributed by atoms with Crippen molar-refractivity contribution in [2.24, 2.45) is 5.41 Å². The Morgan fingerprint density at radius 3 is 2.15 bits per heavy atom. The highest BCUT2D eigenvalue weighted by Gasteiger charge is 2.40. The van der Waals surface area contributed by atoms with Crippen molar-refractivity contribution in [3.05, 3.63) is 63.5 Å². The van der Waals surface area contributed by atoms with E-state index in [0.29, 0.717) is 18.3 Å². The summed E-state index contributed by atoms with van der Waals surface area (Å²) >= 11 is 0. The molecule has 3 aliphatic rings. The van der Waals surface area contributed by atoms with Gasteiger partial charge in [0.2, 0.25) is 0 Å². The fraction of sp³-hybridized carbons (Fsp3) is 0.567. The highest BCUT2D eigenvalue weighted by atomic mass is 16.1. The monoisotopic (exact) mass is 443 g/mol. The third-order valence-corrected chi connectivity index (χ3v) is 8.20. The van der Waals surface area contributed by atoms with E-state index in [1.807, 2.05) is 31.2 Å². The number of rotatable bonds is 4. The van der Waals surface area contributed by atoms with Crippen molar-refractivity contribution in [1.29, 1.82) is 0 Å². The number of Topliss-reactive ketones (excluding diaryl/α,β-unsaturated/α-hetero) is 1. The Morgan fingerprint density at radius 2 is 1.48 bits per heavy atom. The van der Waals surface area contributed by atoms with Crippen LogP contribution in [0.4, 0.5) is 0 Å². The Labute approximate surface area is 198 Å². The number of hydrogen-bond donors (Lipinski definition) is 0. The largest absolute Gasteiger partial charge is 0.294 e. The molecule has 2 fully saturated rings. The van der Waals surface area contributed by atoms with Gasteiger partial charge < -0.3 is 0 Å². The highest BCUT2D eigenvalue weighted by Crippen LogP contribution is 2.46. The van der Waals surface area contributed by atoms with E-state index in [4.69, 9.17) is 4.98 Å². The van der Waals surface area contributed by atoms with Crippen LogP contribution in [-0.4, -0.2) is 16.6 Å². The molecule has 1 heterocycles. The van der Waals surface area contributed by atoms with E-state index in [9.17, 15) is 9.59 Å². The fourth-order valence-corrected chi connectivity index (χ4v) is 6.54. The van der Waals surface area contributed by atoms with Gasteiger partial charge in [0.05, 0.1) is 11.4 Å². The van der Waals surface area contributed by atoms with E-state index >= 15 is 0 Å². The number of benzene rings is 1. The second-order valence-corrected chi connectivity index (χ2v) is 11.6. The van der Waals surface area contributed by atoms with E-state index in [0.717, 1.165) is 71.3 Å². The van der Waals surface area contributed by atoms with E-state index < -0.39 is 0 Å². The summed E-state index contributed by atoms with van der Waals surface area (Å²) in [5.74, 6) is 0.906. The van der Waals surface area contributed by atoms with Gasteiger partial charge in [-0.2, -0.15) is 0 Å². The zero-order valence-electron chi connectivity index (χ0n) is 20.5. The van der Waals surface area contributed by atoms with Crippen molar-refractivity contribution in [2.75, 3.05) is 0 Å². The Hall–Kier alpha value is -2.29. The minimum atomic E-state index is -0.0731. The first-order valence-electron chi connectivity index (χ1n) is 13.1. The van der Waals surface area contributed by atoms with Crippen LogP contribution in [0.25, 0.3) is 0 Å². The van der Waals surface area contributed by atoms with Crippen molar-refractivity contribution in [3.8, 4) is 0 Å². The van der Waals surface area contributed by atoms with Gasteiger partial charge in [0, 0.05) is 29.0 Å². The van der Waals surface area contributed by atoms with E-state index in [1.165, 1.54) is 32.1 Å². The topological polar surface area (TPSA) is 47.0 Å². The molecular formula is C30H37NO2. The van der Waals surface area contributed by atoms with Crippen LogP contribution >= 0.6 is 0 Å². The second kappa shape index (κ2) is 8.81. The molecule has 0 atom stereocenters. The van der Waals surface area contributed by atoms with Crippen LogP contribution in [0.3, 0.4) is 0 Å². The minimum absolute atomic E-state index is 0.0731. The molecule has 1 aromatic carbocycles. The summed E-state index contributed by atoms with van der Waals surface area (Å²) in [4.78, 5) is 33.0. The van der Waals surface area contributed by atoms with Gasteiger partial charge in [0.15, 0.2) is 11.6 Å². The standard InChI is InChI=1S/C30H37NO2/c1-19-13-15-22(16-14-19)29(33)27-25(20-9-5-4-6-10-20)26-23(17-30(2,3)18-24(26)32)31-28(27)21-11-7-8-12-21/h13-16,20-21H,4-12,17-18H2,1-3H3. The van der Waals surface area contributed by atoms with Gasteiger partial charge in [-0.15, -0.1) is 0 Å². The number of aromatic nitrogens is 1. The molecule has 174 valence electrons. The second-order valence-electron chi connectivity index (χ2n) is 11.6. The van der Waals surface area contributed by atoms with E-state index in [-0.39, 0.29) is 17.0 Å². The summed E-state index contributed by atoms with van der Waals surface area (Å²) < 4.78 is 0. The predicted molar refractivity (Wildman–Crippen MR) is 132 cm³/mol. The molecule has 0 saturated heterocycles. The lowest BCUT2D eigenvalue weighted by Crippen LogP contribution is -2.32. The molecular weight excluding hydrogens is 406 g/mol. The molecule has 5 rings (SSSR count). The molecule has 3 heteroatoms. The fourth-order valence-electron chi connectivity index (χ4n) is 6.54. The number of nitrogens with zero attached hydrogens (tertiary/aromatic N) is 1. The zero-order valence-corrected chi connectivity index (χ0v) is 20.5. The van der Waals surface area contributed by atoms with Crippen molar-refractivity contribution >= 4 is 11.6 Å². The van der Waals surface area contributed by atoms with E-state index in [2.05, 4.69) is 13.8 Å². The number of fused-ring (bicyclic) bond motifs is 1. The predicted octanol–water partition coefficient (Wildman–Crippen LogP) is 7.48. The van der Waals surface area contributed by atoms with Crippen molar-refractivity contribution in [3.63, 3.8) is 0 Å². The molecule has 0 aliphatic heterocycles. The summed E-state index contributed by atoms with van der Waals surface area (Å²) in [5, 5.41) is 0. The maximum atomic E-state index is 14.2. The van der Waals surface area contributed by atoms with Crippen molar-refractivity contribution in [2.45, 2.75) is 103 Å². The number of ketones is 2. The zero-order chi connectivity index (χ0) is 23.2. The summed E-state index contributed by atoms with van der Waals surface area (Å²) in [6, 6.07) is 7.93. The summed E-state index contributed by atoms with van der Waals surface area (Å²) in [5.41, 5.74) is 6.46. The van der Waals surface area contributed by atoms with Crippen LogP contribution < -0.4 is 0 Å². The molecule has 0 spiro atoms. The lowest BCUT2D eigenvalue weighted by molar-refractivity contribution is 0.0907. The Morgan fingerprint density at radius 1 is 0.879 bits per heavy atom. The van der Waals surface area contributed by atoms with Gasteiger partial charge in [-0.05, 0) is 55.9 Å². The van der Waals surface area contributed by atoms with Crippen LogP contribution in [0.5, 0.6) is 0 Å². The smallest absolute Gasteiger partial charge is 0.195 e. The summed E-state index contributed by atoms with van der Waals surface area (Å²) in [7, 11) is 0. The molecule has 1 aromatic heterocycles. The van der Waals surface area contributed by atoms with Gasteiger partial charge in [-0.25, -0.2) is 0 Å². The van der Waals surface area contributed by atoms with Crippen LogP contribution in [-0.2, 0) is 6.42 Å². The lowest BCUT2D eigenvalue weighted by atomic mass is 9.69. The van der Waals surface area contributed by atoms with Crippen molar-refractivity contribution < 1.29 is 9.59 Å². The first-order valence-corrected chi connectivity index (χ1v) is 13.1. The lowest BCUT2D eigenvalue weighted by Gasteiger charge is -2.35. The molecule has 0 N–H and O–H groups in total. The van der Waals surface area contributed by atoms with E-state index in [1.54, 1.807) is 0 Å². The molecule has 2 aromatic rings. The van der Waals surface area contributed by atoms with Gasteiger partial charge in [0.1, 0.15) is 0 Å². The normalized spacial score (nSPS) is 21.2. The Balaban J connectivity index is 1.77. The number of carbonyl (C=O) groups excluding carboxylic acids is 2. The third kappa shape index (κ3) is 4.32. The third-order valence-electron chi connectivity index (χ3n) is 8.20. The minimum Gasteiger partial charge on any atom is -0.294 e. The molecule has 2 saturated carbocycles. The van der Waals surface area contributed by atoms with Crippen LogP contribution in [0, 0.1) is 12.3 Å². The molecule has 3 nitrogen and oxygen atoms in total. The van der Waals surface area contributed by atoms with Gasteiger partial charge in [-0.1, -0.05) is 75.8 Å². The van der Waals surface area contributed by atoms with Crippen molar-refractivity contribution in [1.82, 2.24) is 4.98 Å². The maximum Gasteiger partial charge on any atom is 0.195 e. The first-order chi connectivity index (χ1) is 15.8. The SMILES string of the molecule is Cc1ccc(C(=O)c2c(C3CCCC3)nc3c(c2C2CCCCC2)C(=O)CC(C)(C)C3)cc1. The van der Waals surface area contributed by atoms with Gasteiger partial charge >= 0.3 is 0 Å². The first kappa shape index (κ1) is 22.5.